The van der Waals surface area contributed by atoms with Gasteiger partial charge in [-0.25, -0.2) is 0 Å². The minimum absolute atomic E-state index is 0.381. The zero-order chi connectivity index (χ0) is 13.4. The first-order valence-corrected chi connectivity index (χ1v) is 6.20. The summed E-state index contributed by atoms with van der Waals surface area (Å²) in [5, 5.41) is 0. The number of carbonyl (C=O) groups excluding carboxylic acids is 2. The summed E-state index contributed by atoms with van der Waals surface area (Å²) in [5.41, 5.74) is 2.26. The van der Waals surface area contributed by atoms with E-state index in [0.717, 1.165) is 12.2 Å². The lowest BCUT2D eigenvalue weighted by Crippen LogP contribution is -2.30. The van der Waals surface area contributed by atoms with Crippen LogP contribution in [0.5, 0.6) is 0 Å². The Morgan fingerprint density at radius 3 is 2.50 bits per heavy atom. The first kappa shape index (κ1) is 12.6. The number of nitrogens with zero attached hydrogens (tertiary/aromatic N) is 2. The van der Waals surface area contributed by atoms with E-state index in [1.54, 1.807) is 13.1 Å². The summed E-state index contributed by atoms with van der Waals surface area (Å²) in [7, 11) is 1.64. The number of fused-ring (bicyclic) bond motifs is 1. The first-order valence-electron chi connectivity index (χ1n) is 6.20. The van der Waals surface area contributed by atoms with Crippen molar-refractivity contribution in [2.75, 3.05) is 23.4 Å². The van der Waals surface area contributed by atoms with Crippen LogP contribution < -0.4 is 9.80 Å². The molecule has 1 aromatic carbocycles. The molecule has 0 aliphatic carbocycles. The number of hydrogen-bond acceptors (Lipinski definition) is 3. The minimum atomic E-state index is -0.449. The monoisotopic (exact) mass is 246 g/mol. The summed E-state index contributed by atoms with van der Waals surface area (Å²) in [5.74, 6) is -0.860. The number of ketones is 1. The van der Waals surface area contributed by atoms with E-state index in [4.69, 9.17) is 0 Å². The first-order chi connectivity index (χ1) is 8.47. The van der Waals surface area contributed by atoms with E-state index in [-0.39, 0.29) is 0 Å². The Bertz CT molecular complexity index is 509. The smallest absolute Gasteiger partial charge is 0.299 e. The van der Waals surface area contributed by atoms with Gasteiger partial charge in [-0.1, -0.05) is 0 Å². The number of Topliss-reactive ketones (excluding diaryl/α,β-unsaturated/α-hetero) is 1. The van der Waals surface area contributed by atoms with Crippen LogP contribution >= 0.6 is 0 Å². The van der Waals surface area contributed by atoms with E-state index in [1.165, 1.54) is 4.90 Å². The highest BCUT2D eigenvalue weighted by molar-refractivity contribution is 6.52. The summed E-state index contributed by atoms with van der Waals surface area (Å²) < 4.78 is 0. The Labute approximate surface area is 107 Å². The molecule has 0 aromatic heterocycles. The Kier molecular flexibility index (Phi) is 3.11. The normalized spacial score (nSPS) is 14.4. The molecule has 1 aliphatic heterocycles. The molecule has 18 heavy (non-hydrogen) atoms. The number of anilines is 2. The van der Waals surface area contributed by atoms with Crippen LogP contribution in [0.4, 0.5) is 11.4 Å². The number of likely N-dealkylation sites (N-methyl/N-ethyl adjacent to an activating group) is 1. The van der Waals surface area contributed by atoms with Gasteiger partial charge in [0.2, 0.25) is 0 Å². The number of hydrogen-bond donors (Lipinski definition) is 0. The molecule has 0 saturated carbocycles. The van der Waals surface area contributed by atoms with Crippen LogP contribution in [0.2, 0.25) is 0 Å². The molecule has 1 heterocycles. The van der Waals surface area contributed by atoms with Gasteiger partial charge in [0.25, 0.3) is 11.7 Å². The highest BCUT2D eigenvalue weighted by Crippen LogP contribution is 2.32. The molecule has 0 atom stereocenters. The van der Waals surface area contributed by atoms with Crippen molar-refractivity contribution in [3.8, 4) is 0 Å². The molecule has 0 bridgehead atoms. The standard InChI is InChI=1S/C14H18N2O2/c1-5-16(9(2)3)10-6-7-11-12(8-10)15(4)14(18)13(11)17/h6-9H,5H2,1-4H3. The van der Waals surface area contributed by atoms with E-state index in [0.29, 0.717) is 17.3 Å². The van der Waals surface area contributed by atoms with Crippen molar-refractivity contribution < 1.29 is 9.59 Å². The van der Waals surface area contributed by atoms with Gasteiger partial charge >= 0.3 is 0 Å². The number of amides is 1. The lowest BCUT2D eigenvalue weighted by Gasteiger charge is -2.28. The molecule has 96 valence electrons. The highest BCUT2D eigenvalue weighted by Gasteiger charge is 2.33. The Hall–Kier alpha value is -1.84. The van der Waals surface area contributed by atoms with Crippen LogP contribution in [0.1, 0.15) is 31.1 Å². The van der Waals surface area contributed by atoms with Crippen LogP contribution in [0.3, 0.4) is 0 Å². The third-order valence-corrected chi connectivity index (χ3v) is 3.38. The second-order valence-electron chi connectivity index (χ2n) is 4.77. The molecule has 4 nitrogen and oxygen atoms in total. The Balaban J connectivity index is 2.46. The van der Waals surface area contributed by atoms with Gasteiger partial charge in [-0.15, -0.1) is 0 Å². The second-order valence-corrected chi connectivity index (χ2v) is 4.77. The van der Waals surface area contributed by atoms with Crippen molar-refractivity contribution in [1.29, 1.82) is 0 Å². The van der Waals surface area contributed by atoms with Gasteiger partial charge in [0.1, 0.15) is 0 Å². The van der Waals surface area contributed by atoms with Crippen LogP contribution in [0.25, 0.3) is 0 Å². The fourth-order valence-electron chi connectivity index (χ4n) is 2.39. The third kappa shape index (κ3) is 1.78. The average molecular weight is 246 g/mol. The molecule has 0 spiro atoms. The van der Waals surface area contributed by atoms with E-state index >= 15 is 0 Å². The molecular weight excluding hydrogens is 228 g/mol. The van der Waals surface area contributed by atoms with Crippen LogP contribution in [-0.2, 0) is 4.79 Å². The molecule has 1 aliphatic rings. The van der Waals surface area contributed by atoms with E-state index in [1.807, 2.05) is 12.1 Å². The largest absolute Gasteiger partial charge is 0.369 e. The predicted molar refractivity (Wildman–Crippen MR) is 72.3 cm³/mol. The number of rotatable bonds is 3. The zero-order valence-electron chi connectivity index (χ0n) is 11.2. The van der Waals surface area contributed by atoms with Gasteiger partial charge in [0.15, 0.2) is 0 Å². The van der Waals surface area contributed by atoms with Gasteiger partial charge in [-0.3, -0.25) is 9.59 Å². The van der Waals surface area contributed by atoms with Crippen molar-refractivity contribution in [2.45, 2.75) is 26.8 Å². The molecule has 0 radical (unpaired) electrons. The van der Waals surface area contributed by atoms with Crippen molar-refractivity contribution in [2.24, 2.45) is 0 Å². The van der Waals surface area contributed by atoms with E-state index < -0.39 is 11.7 Å². The Morgan fingerprint density at radius 2 is 1.94 bits per heavy atom. The number of carbonyl (C=O) groups is 2. The van der Waals surface area contributed by atoms with Crippen molar-refractivity contribution in [3.05, 3.63) is 23.8 Å². The molecule has 0 fully saturated rings. The summed E-state index contributed by atoms with van der Waals surface area (Å²) >= 11 is 0. The van der Waals surface area contributed by atoms with E-state index in [2.05, 4.69) is 25.7 Å². The summed E-state index contributed by atoms with van der Waals surface area (Å²) in [4.78, 5) is 26.9. The summed E-state index contributed by atoms with van der Waals surface area (Å²) in [6, 6.07) is 5.96. The van der Waals surface area contributed by atoms with Gasteiger partial charge in [-0.2, -0.15) is 0 Å². The SMILES string of the molecule is CCN(c1ccc2c(c1)N(C)C(=O)C2=O)C(C)C. The lowest BCUT2D eigenvalue weighted by molar-refractivity contribution is -0.114. The molecule has 0 unspecified atom stereocenters. The van der Waals surface area contributed by atoms with Gasteiger partial charge in [-0.05, 0) is 39.0 Å². The average Bonchev–Trinajstić information content (AvgIpc) is 2.55. The fourth-order valence-corrected chi connectivity index (χ4v) is 2.39. The van der Waals surface area contributed by atoms with Crippen molar-refractivity contribution >= 4 is 23.1 Å². The highest BCUT2D eigenvalue weighted by atomic mass is 16.2. The molecule has 4 heteroatoms. The molecule has 0 N–H and O–H groups in total. The minimum Gasteiger partial charge on any atom is -0.369 e. The topological polar surface area (TPSA) is 40.6 Å². The third-order valence-electron chi connectivity index (χ3n) is 3.38. The quantitative estimate of drug-likeness (QED) is 0.767. The molecule has 1 amide bonds. The summed E-state index contributed by atoms with van der Waals surface area (Å²) in [6.07, 6.45) is 0. The van der Waals surface area contributed by atoms with Gasteiger partial charge < -0.3 is 9.80 Å². The van der Waals surface area contributed by atoms with Gasteiger partial charge in [0, 0.05) is 25.3 Å². The maximum absolute atomic E-state index is 11.7. The lowest BCUT2D eigenvalue weighted by atomic mass is 10.1. The van der Waals surface area contributed by atoms with Crippen LogP contribution in [0.15, 0.2) is 18.2 Å². The molecular formula is C14H18N2O2. The second kappa shape index (κ2) is 4.44. The van der Waals surface area contributed by atoms with E-state index in [9.17, 15) is 9.59 Å². The molecule has 1 aromatic rings. The van der Waals surface area contributed by atoms with Gasteiger partial charge in [0.05, 0.1) is 11.3 Å². The maximum Gasteiger partial charge on any atom is 0.299 e. The predicted octanol–water partition coefficient (Wildman–Crippen LogP) is 2.08. The summed E-state index contributed by atoms with van der Waals surface area (Å²) in [6.45, 7) is 7.22. The Morgan fingerprint density at radius 1 is 1.28 bits per heavy atom. The van der Waals surface area contributed by atoms with Crippen LogP contribution in [0, 0.1) is 0 Å². The maximum atomic E-state index is 11.7. The van der Waals surface area contributed by atoms with Crippen molar-refractivity contribution in [3.63, 3.8) is 0 Å². The molecule has 0 saturated heterocycles. The fraction of sp³-hybridized carbons (Fsp3) is 0.429. The number of benzene rings is 1. The zero-order valence-corrected chi connectivity index (χ0v) is 11.2. The van der Waals surface area contributed by atoms with Crippen LogP contribution in [-0.4, -0.2) is 31.3 Å². The van der Waals surface area contributed by atoms with Crippen molar-refractivity contribution in [1.82, 2.24) is 0 Å². The molecule has 2 rings (SSSR count).